The van der Waals surface area contributed by atoms with Gasteiger partial charge in [0.05, 0.1) is 36.5 Å². The predicted molar refractivity (Wildman–Crippen MR) is 106 cm³/mol. The van der Waals surface area contributed by atoms with E-state index in [9.17, 15) is 23.1 Å². The summed E-state index contributed by atoms with van der Waals surface area (Å²) >= 11 is 0. The molecule has 31 heavy (non-hydrogen) atoms. The molecule has 2 aromatic rings. The van der Waals surface area contributed by atoms with E-state index in [0.717, 1.165) is 0 Å². The molecule has 3 heterocycles. The third-order valence-electron chi connectivity index (χ3n) is 4.42. The van der Waals surface area contributed by atoms with Crippen molar-refractivity contribution < 1.29 is 27.8 Å². The second kappa shape index (κ2) is 9.32. The van der Waals surface area contributed by atoms with E-state index in [-0.39, 0.29) is 18.9 Å². The Morgan fingerprint density at radius 1 is 1.45 bits per heavy atom. The van der Waals surface area contributed by atoms with E-state index in [1.54, 1.807) is 41.4 Å². The molecule has 1 saturated heterocycles. The van der Waals surface area contributed by atoms with Crippen molar-refractivity contribution in [2.45, 2.75) is 31.3 Å². The number of halogens is 3. The van der Waals surface area contributed by atoms with Crippen LogP contribution in [-0.2, 0) is 9.53 Å². The van der Waals surface area contributed by atoms with Crippen molar-refractivity contribution in [1.29, 1.82) is 0 Å². The summed E-state index contributed by atoms with van der Waals surface area (Å²) in [6, 6.07) is 0. The van der Waals surface area contributed by atoms with E-state index in [0.29, 0.717) is 35.3 Å². The lowest BCUT2D eigenvalue weighted by Crippen LogP contribution is -2.36. The van der Waals surface area contributed by atoms with Gasteiger partial charge >= 0.3 is 12.1 Å². The maximum Gasteiger partial charge on any atom is 0.471 e. The Hall–Kier alpha value is -3.17. The van der Waals surface area contributed by atoms with Crippen LogP contribution >= 0.6 is 0 Å². The molecule has 0 radical (unpaired) electrons. The number of nitrogens with zero attached hydrogens (tertiary/aromatic N) is 5. The van der Waals surface area contributed by atoms with Crippen LogP contribution in [0.2, 0.25) is 0 Å². The zero-order chi connectivity index (χ0) is 22.6. The average Bonchev–Trinajstić information content (AvgIpc) is 3.33. The number of fused-ring (bicyclic) bond motifs is 1. The van der Waals surface area contributed by atoms with Crippen LogP contribution in [0.4, 0.5) is 19.0 Å². The Kier molecular flexibility index (Phi) is 6.77. The van der Waals surface area contributed by atoms with E-state index in [4.69, 9.17) is 4.74 Å². The summed E-state index contributed by atoms with van der Waals surface area (Å²) in [6.07, 6.45) is 0.225. The molecule has 9 nitrogen and oxygen atoms in total. The van der Waals surface area contributed by atoms with Crippen molar-refractivity contribution in [3.8, 4) is 11.8 Å². The van der Waals surface area contributed by atoms with Gasteiger partial charge in [-0.05, 0) is 12.8 Å². The number of ether oxygens (including phenoxy) is 1. The van der Waals surface area contributed by atoms with Crippen molar-refractivity contribution in [3.05, 3.63) is 18.1 Å². The van der Waals surface area contributed by atoms with E-state index in [1.807, 2.05) is 0 Å². The van der Waals surface area contributed by atoms with Crippen LogP contribution in [0.5, 0.6) is 0 Å². The molecule has 0 aromatic carbocycles. The minimum absolute atomic E-state index is 0.103. The first kappa shape index (κ1) is 22.5. The first-order valence-corrected chi connectivity index (χ1v) is 9.37. The Morgan fingerprint density at radius 3 is 2.87 bits per heavy atom. The van der Waals surface area contributed by atoms with Crippen molar-refractivity contribution in [1.82, 2.24) is 24.8 Å². The highest BCUT2D eigenvalue weighted by Crippen LogP contribution is 2.34. The number of nitrogens with one attached hydrogen (secondary N) is 1. The van der Waals surface area contributed by atoms with Crippen LogP contribution in [0.1, 0.15) is 24.6 Å². The number of hydrogen-bond donors (Lipinski definition) is 2. The molecule has 1 amide bonds. The van der Waals surface area contributed by atoms with Gasteiger partial charge in [-0.15, -0.1) is 0 Å². The van der Waals surface area contributed by atoms with Crippen LogP contribution in [0.15, 0.2) is 17.5 Å². The fourth-order valence-corrected chi connectivity index (χ4v) is 3.04. The largest absolute Gasteiger partial charge is 0.471 e. The Balaban J connectivity index is 1.97. The van der Waals surface area contributed by atoms with Gasteiger partial charge in [0.2, 0.25) is 0 Å². The fourth-order valence-electron chi connectivity index (χ4n) is 3.04. The highest BCUT2D eigenvalue weighted by molar-refractivity contribution is 5.93. The van der Waals surface area contributed by atoms with Gasteiger partial charge in [-0.3, -0.25) is 4.79 Å². The summed E-state index contributed by atoms with van der Waals surface area (Å²) < 4.78 is 44.5. The van der Waals surface area contributed by atoms with Crippen LogP contribution in [0.25, 0.3) is 11.0 Å². The van der Waals surface area contributed by atoms with Crippen LogP contribution < -0.4 is 5.32 Å². The quantitative estimate of drug-likeness (QED) is 0.415. The van der Waals surface area contributed by atoms with E-state index >= 15 is 0 Å². The summed E-state index contributed by atoms with van der Waals surface area (Å²) in [6.45, 7) is -0.587. The number of aromatic nitrogens is 3. The summed E-state index contributed by atoms with van der Waals surface area (Å²) in [7, 11) is 3.58. The predicted octanol–water partition coefficient (Wildman–Crippen LogP) is 1.35. The van der Waals surface area contributed by atoms with Gasteiger partial charge in [-0.25, -0.2) is 15.0 Å². The SMILES string of the molecule is CN(C)C=Nc1ncnc2c1c(C#CCNC(=O)C(F)(F)F)cn2[C@H]1CC[C@@H](CO)O1. The number of alkyl halides is 3. The highest BCUT2D eigenvalue weighted by atomic mass is 19.4. The molecule has 166 valence electrons. The lowest BCUT2D eigenvalue weighted by molar-refractivity contribution is -0.173. The van der Waals surface area contributed by atoms with Gasteiger partial charge in [0.15, 0.2) is 5.82 Å². The molecule has 0 bridgehead atoms. The number of amides is 1. The van der Waals surface area contributed by atoms with Crippen molar-refractivity contribution in [3.63, 3.8) is 0 Å². The number of rotatable bonds is 5. The van der Waals surface area contributed by atoms with Gasteiger partial charge in [0.25, 0.3) is 0 Å². The maximum absolute atomic E-state index is 12.3. The molecular formula is C19H21F3N6O3. The second-order valence-corrected chi connectivity index (χ2v) is 7.01. The number of carbonyl (C=O) groups is 1. The first-order valence-electron chi connectivity index (χ1n) is 9.37. The number of aliphatic imine (C=N–C) groups is 1. The summed E-state index contributed by atoms with van der Waals surface area (Å²) in [5.41, 5.74) is 0.923. The molecule has 2 atom stereocenters. The third kappa shape index (κ3) is 5.31. The molecule has 0 aliphatic carbocycles. The lowest BCUT2D eigenvalue weighted by Gasteiger charge is -2.14. The van der Waals surface area contributed by atoms with Crippen molar-refractivity contribution >= 4 is 29.1 Å². The van der Waals surface area contributed by atoms with Crippen LogP contribution in [0, 0.1) is 11.8 Å². The third-order valence-corrected chi connectivity index (χ3v) is 4.42. The number of aliphatic hydroxyl groups excluding tert-OH is 1. The topological polar surface area (TPSA) is 105 Å². The van der Waals surface area contributed by atoms with Gasteiger partial charge in [-0.2, -0.15) is 13.2 Å². The minimum Gasteiger partial charge on any atom is -0.394 e. The number of hydrogen-bond acceptors (Lipinski definition) is 6. The monoisotopic (exact) mass is 438 g/mol. The molecule has 2 N–H and O–H groups in total. The van der Waals surface area contributed by atoms with E-state index in [1.165, 1.54) is 6.33 Å². The zero-order valence-corrected chi connectivity index (χ0v) is 16.8. The standard InChI is InChI=1S/C19H21F3N6O3/c1-27(2)11-26-16-15-12(4-3-7-23-18(30)19(20,21)22)8-28(17(15)25-10-24-16)14-6-5-13(9-29)31-14/h8,10-11,13-14,29H,5-7,9H2,1-2H3,(H,23,30)/t13-,14+/m0/s1. The van der Waals surface area contributed by atoms with Gasteiger partial charge in [0.1, 0.15) is 18.2 Å². The molecule has 0 unspecified atom stereocenters. The summed E-state index contributed by atoms with van der Waals surface area (Å²) in [5.74, 6) is 3.56. The Labute approximate surface area is 175 Å². The molecule has 0 saturated carbocycles. The molecule has 0 spiro atoms. The molecule has 1 aliphatic heterocycles. The first-order chi connectivity index (χ1) is 14.7. The van der Waals surface area contributed by atoms with E-state index in [2.05, 4.69) is 26.8 Å². The maximum atomic E-state index is 12.3. The molecule has 3 rings (SSSR count). The number of carbonyl (C=O) groups excluding carboxylic acids is 1. The van der Waals surface area contributed by atoms with Gasteiger partial charge in [-0.1, -0.05) is 11.8 Å². The molecular weight excluding hydrogens is 417 g/mol. The van der Waals surface area contributed by atoms with Crippen LogP contribution in [-0.4, -0.2) is 76.3 Å². The zero-order valence-electron chi connectivity index (χ0n) is 16.8. The Bertz CT molecular complexity index is 1040. The minimum atomic E-state index is -4.97. The molecule has 12 heteroatoms. The summed E-state index contributed by atoms with van der Waals surface area (Å²) in [5, 5.41) is 11.6. The van der Waals surface area contributed by atoms with Crippen molar-refractivity contribution in [2.24, 2.45) is 4.99 Å². The highest BCUT2D eigenvalue weighted by Gasteiger charge is 2.38. The fraction of sp³-hybridized carbons (Fsp3) is 0.474. The molecule has 1 fully saturated rings. The average molecular weight is 438 g/mol. The van der Waals surface area contributed by atoms with Gasteiger partial charge in [0, 0.05) is 20.3 Å². The van der Waals surface area contributed by atoms with Crippen LogP contribution in [0.3, 0.4) is 0 Å². The Morgan fingerprint density at radius 2 is 2.23 bits per heavy atom. The summed E-state index contributed by atoms with van der Waals surface area (Å²) in [4.78, 5) is 25.5. The van der Waals surface area contributed by atoms with Crippen molar-refractivity contribution in [2.75, 3.05) is 27.2 Å². The molecule has 1 aliphatic rings. The molecule has 2 aromatic heterocycles. The normalized spacial score (nSPS) is 18.9. The lowest BCUT2D eigenvalue weighted by atomic mass is 10.2. The van der Waals surface area contributed by atoms with Gasteiger partial charge < -0.3 is 24.6 Å². The number of aliphatic hydroxyl groups is 1. The second-order valence-electron chi connectivity index (χ2n) is 7.01. The smallest absolute Gasteiger partial charge is 0.394 e. The van der Waals surface area contributed by atoms with E-state index < -0.39 is 18.6 Å².